The Balaban J connectivity index is -0.000000605. The molecule has 0 aliphatic rings. The zero-order valence-corrected chi connectivity index (χ0v) is 9.02. The Kier molecular flexibility index (Phi) is 23.6. The molecule has 0 aromatic carbocycles. The van der Waals surface area contributed by atoms with Crippen molar-refractivity contribution in [3.05, 3.63) is 0 Å². The normalized spacial score (nSPS) is 9.29. The molecule has 0 fully saturated rings. The van der Waals surface area contributed by atoms with Crippen molar-refractivity contribution >= 4 is 40.5 Å². The van der Waals surface area contributed by atoms with Crippen LogP contribution in [-0.2, 0) is 15.2 Å². The fourth-order valence-corrected chi connectivity index (χ4v) is 1.30. The van der Waals surface area contributed by atoms with E-state index in [9.17, 15) is 8.42 Å². The van der Waals surface area contributed by atoms with E-state index < -0.39 is 11.0 Å². The monoisotopic (exact) mass is 236 g/mol. The molecule has 0 atom stereocenters. The molecule has 0 saturated carbocycles. The number of hydrogen-bond donors (Lipinski definition) is 1. The van der Waals surface area contributed by atoms with Crippen LogP contribution in [0.25, 0.3) is 0 Å². The molecular weight excluding hydrogens is 215 g/mol. The second-order valence-corrected chi connectivity index (χ2v) is 3.53. The molecule has 4 nitrogen and oxygen atoms in total. The topological polar surface area (TPSA) is 74.9 Å². The van der Waals surface area contributed by atoms with Crippen LogP contribution in [0.3, 0.4) is 0 Å². The van der Waals surface area contributed by atoms with Gasteiger partial charge in [0.25, 0.3) is 11.0 Å². The zero-order valence-electron chi connectivity index (χ0n) is 8.12. The van der Waals surface area contributed by atoms with Crippen molar-refractivity contribution < 1.29 is 18.1 Å². The minimum atomic E-state index is -2.63. The second kappa shape index (κ2) is 16.3. The first-order chi connectivity index (χ1) is 5.77. The third-order valence-corrected chi connectivity index (χ3v) is 2.09. The molecule has 0 aromatic rings. The van der Waals surface area contributed by atoms with Crippen molar-refractivity contribution in [3.63, 3.8) is 0 Å². The first-order valence-corrected chi connectivity index (χ1v) is 5.64. The van der Waals surface area contributed by atoms with E-state index in [4.69, 9.17) is 0 Å². The molecular formula is C8H21NaO4S. The summed E-state index contributed by atoms with van der Waals surface area (Å²) in [5.74, 6) is 0. The van der Waals surface area contributed by atoms with Crippen LogP contribution in [0.2, 0.25) is 0 Å². The Labute approximate surface area is 110 Å². The fourth-order valence-electron chi connectivity index (χ4n) is 1.02. The standard InChI is InChI=1S/C8H18O3S.Na.H2O.H/c1-2-3-4-5-6-7-8-11-12(9)10;;;/h12H,2-8H2,1H3;;1H2;. The molecule has 14 heavy (non-hydrogen) atoms. The van der Waals surface area contributed by atoms with Gasteiger partial charge in [-0.05, 0) is 6.42 Å². The fraction of sp³-hybridized carbons (Fsp3) is 1.00. The maximum atomic E-state index is 9.95. The van der Waals surface area contributed by atoms with Gasteiger partial charge < -0.3 is 5.48 Å². The van der Waals surface area contributed by atoms with Gasteiger partial charge in [0, 0.05) is 0 Å². The molecule has 6 heteroatoms. The Morgan fingerprint density at radius 2 is 1.50 bits per heavy atom. The molecule has 0 unspecified atom stereocenters. The van der Waals surface area contributed by atoms with E-state index in [0.29, 0.717) is 6.61 Å². The maximum absolute atomic E-state index is 9.95. The molecule has 0 saturated heterocycles. The van der Waals surface area contributed by atoms with Crippen LogP contribution < -0.4 is 0 Å². The van der Waals surface area contributed by atoms with Gasteiger partial charge in [0.15, 0.2) is 0 Å². The quantitative estimate of drug-likeness (QED) is 0.377. The summed E-state index contributed by atoms with van der Waals surface area (Å²) < 4.78 is 24.3. The summed E-state index contributed by atoms with van der Waals surface area (Å²) in [6.07, 6.45) is 6.88. The van der Waals surface area contributed by atoms with Crippen LogP contribution in [0.1, 0.15) is 45.4 Å². The van der Waals surface area contributed by atoms with E-state index in [1.54, 1.807) is 0 Å². The summed E-state index contributed by atoms with van der Waals surface area (Å²) in [6.45, 7) is 2.52. The summed E-state index contributed by atoms with van der Waals surface area (Å²) in [5.41, 5.74) is 0. The molecule has 0 aromatic heterocycles. The first kappa shape index (κ1) is 20.3. The van der Waals surface area contributed by atoms with Gasteiger partial charge in [0.1, 0.15) is 0 Å². The summed E-state index contributed by atoms with van der Waals surface area (Å²) in [5, 5.41) is 0. The van der Waals surface area contributed by atoms with E-state index in [-0.39, 0.29) is 35.0 Å². The average molecular weight is 236 g/mol. The van der Waals surface area contributed by atoms with Gasteiger partial charge in [0.2, 0.25) is 0 Å². The predicted molar refractivity (Wildman–Crippen MR) is 60.4 cm³/mol. The molecule has 0 aliphatic carbocycles. The van der Waals surface area contributed by atoms with Crippen molar-refractivity contribution in [1.29, 1.82) is 0 Å². The molecule has 84 valence electrons. The van der Waals surface area contributed by atoms with E-state index in [1.165, 1.54) is 25.7 Å². The van der Waals surface area contributed by atoms with Gasteiger partial charge in [-0.2, -0.15) is 0 Å². The Bertz CT molecular complexity index is 153. The molecule has 0 heterocycles. The number of hydrogen-bond acceptors (Lipinski definition) is 3. The number of unbranched alkanes of at least 4 members (excludes halogenated alkanes) is 5. The number of rotatable bonds is 8. The van der Waals surface area contributed by atoms with Gasteiger partial charge in [0.05, 0.1) is 6.61 Å². The Hall–Kier alpha value is 0.870. The Morgan fingerprint density at radius 1 is 1.00 bits per heavy atom. The van der Waals surface area contributed by atoms with Crippen molar-refractivity contribution in [2.75, 3.05) is 6.61 Å². The summed E-state index contributed by atoms with van der Waals surface area (Å²) in [6, 6.07) is 0. The first-order valence-electron chi connectivity index (χ1n) is 4.54. The van der Waals surface area contributed by atoms with Crippen LogP contribution in [0, 0.1) is 0 Å². The SMILES string of the molecule is CCCCCCCCO[SH](=O)=O.O.[NaH]. The van der Waals surface area contributed by atoms with Gasteiger partial charge in [-0.1, -0.05) is 39.0 Å². The van der Waals surface area contributed by atoms with Gasteiger partial charge in [-0.25, -0.2) is 8.42 Å². The molecule has 0 amide bonds. The average Bonchev–Trinajstić information content (AvgIpc) is 2.02. The number of thiol groups is 1. The van der Waals surface area contributed by atoms with Crippen LogP contribution in [0.5, 0.6) is 0 Å². The zero-order chi connectivity index (χ0) is 9.23. The van der Waals surface area contributed by atoms with Crippen LogP contribution in [0.4, 0.5) is 0 Å². The van der Waals surface area contributed by atoms with E-state index in [2.05, 4.69) is 11.1 Å². The van der Waals surface area contributed by atoms with Gasteiger partial charge in [-0.3, -0.25) is 4.18 Å². The van der Waals surface area contributed by atoms with Crippen LogP contribution in [0.15, 0.2) is 0 Å². The Morgan fingerprint density at radius 3 is 2.00 bits per heavy atom. The van der Waals surface area contributed by atoms with E-state index in [1.807, 2.05) is 0 Å². The van der Waals surface area contributed by atoms with E-state index >= 15 is 0 Å². The summed E-state index contributed by atoms with van der Waals surface area (Å²) in [7, 11) is -2.63. The van der Waals surface area contributed by atoms with Crippen molar-refractivity contribution in [3.8, 4) is 0 Å². The van der Waals surface area contributed by atoms with Crippen molar-refractivity contribution in [2.45, 2.75) is 45.4 Å². The molecule has 0 spiro atoms. The third kappa shape index (κ3) is 18.6. The molecule has 2 N–H and O–H groups in total. The summed E-state index contributed by atoms with van der Waals surface area (Å²) in [4.78, 5) is 0. The molecule has 0 rings (SSSR count). The van der Waals surface area contributed by atoms with E-state index in [0.717, 1.165) is 12.8 Å². The molecule has 0 aliphatic heterocycles. The van der Waals surface area contributed by atoms with Crippen molar-refractivity contribution in [2.24, 2.45) is 0 Å². The van der Waals surface area contributed by atoms with Gasteiger partial charge in [-0.15, -0.1) is 0 Å². The third-order valence-electron chi connectivity index (χ3n) is 1.69. The van der Waals surface area contributed by atoms with Gasteiger partial charge >= 0.3 is 29.6 Å². The predicted octanol–water partition coefficient (Wildman–Crippen LogP) is 0.417. The van der Waals surface area contributed by atoms with Crippen molar-refractivity contribution in [1.82, 2.24) is 0 Å². The molecule has 0 bridgehead atoms. The minimum absolute atomic E-state index is 0. The summed E-state index contributed by atoms with van der Waals surface area (Å²) >= 11 is 0. The second-order valence-electron chi connectivity index (χ2n) is 2.82. The molecule has 0 radical (unpaired) electrons. The van der Waals surface area contributed by atoms with Crippen LogP contribution >= 0.6 is 0 Å². The van der Waals surface area contributed by atoms with Crippen LogP contribution in [-0.4, -0.2) is 50.1 Å².